The van der Waals surface area contributed by atoms with Crippen LogP contribution < -0.4 is 10.6 Å². The number of rotatable bonds is 7. The van der Waals surface area contributed by atoms with Crippen LogP contribution in [0.5, 0.6) is 0 Å². The van der Waals surface area contributed by atoms with Gasteiger partial charge < -0.3 is 10.6 Å². The highest BCUT2D eigenvalue weighted by Gasteiger charge is 2.15. The third kappa shape index (κ3) is 5.96. The van der Waals surface area contributed by atoms with Gasteiger partial charge in [-0.15, -0.1) is 10.2 Å². The van der Waals surface area contributed by atoms with Crippen LogP contribution in [0.2, 0.25) is 0 Å². The summed E-state index contributed by atoms with van der Waals surface area (Å²) in [4.78, 5) is 24.9. The van der Waals surface area contributed by atoms with Gasteiger partial charge in [0.05, 0.1) is 0 Å². The van der Waals surface area contributed by atoms with Gasteiger partial charge in [0.1, 0.15) is 5.01 Å². The summed E-state index contributed by atoms with van der Waals surface area (Å²) in [6.07, 6.45) is 0.793. The third-order valence-corrected chi connectivity index (χ3v) is 5.11. The number of carbonyl (C=O) groups excluding carboxylic acids is 2. The van der Waals surface area contributed by atoms with Crippen LogP contribution in [0.25, 0.3) is 0 Å². The van der Waals surface area contributed by atoms with Crippen molar-refractivity contribution in [2.45, 2.75) is 33.7 Å². The minimum atomic E-state index is -0.324. The monoisotopic (exact) mass is 408 g/mol. The van der Waals surface area contributed by atoms with Crippen molar-refractivity contribution in [1.82, 2.24) is 15.5 Å². The molecule has 0 spiro atoms. The zero-order valence-electron chi connectivity index (χ0n) is 16.7. The van der Waals surface area contributed by atoms with Gasteiger partial charge in [-0.2, -0.15) is 0 Å². The summed E-state index contributed by atoms with van der Waals surface area (Å²) in [7, 11) is 0. The molecule has 1 heterocycles. The number of nitrogens with one attached hydrogen (secondary N) is 2. The molecule has 2 amide bonds. The Bertz CT molecular complexity index is 1010. The number of nitrogens with zero attached hydrogens (tertiary/aromatic N) is 2. The maximum Gasteiger partial charge on any atom is 0.286 e. The first kappa shape index (κ1) is 20.7. The van der Waals surface area contributed by atoms with Crippen molar-refractivity contribution < 1.29 is 9.59 Å². The summed E-state index contributed by atoms with van der Waals surface area (Å²) in [6.45, 7) is 6.65. The first-order valence-electron chi connectivity index (χ1n) is 9.48. The normalized spacial score (nSPS) is 10.8. The molecule has 6 nitrogen and oxygen atoms in total. The molecule has 3 rings (SSSR count). The van der Waals surface area contributed by atoms with Crippen LogP contribution in [-0.2, 0) is 13.0 Å². The van der Waals surface area contributed by atoms with Crippen LogP contribution in [0.1, 0.15) is 50.1 Å². The van der Waals surface area contributed by atoms with Gasteiger partial charge in [0.25, 0.3) is 11.8 Å². The summed E-state index contributed by atoms with van der Waals surface area (Å²) >= 11 is 1.29. The van der Waals surface area contributed by atoms with Gasteiger partial charge in [0, 0.05) is 24.2 Å². The van der Waals surface area contributed by atoms with E-state index in [4.69, 9.17) is 0 Å². The third-order valence-electron chi connectivity index (χ3n) is 4.16. The molecule has 0 radical (unpaired) electrons. The van der Waals surface area contributed by atoms with E-state index < -0.39 is 0 Å². The molecule has 7 heteroatoms. The lowest BCUT2D eigenvalue weighted by molar-refractivity contribution is 0.0949. The lowest BCUT2D eigenvalue weighted by Gasteiger charge is -2.08. The number of benzene rings is 2. The van der Waals surface area contributed by atoms with Crippen molar-refractivity contribution >= 4 is 28.8 Å². The molecule has 0 unspecified atom stereocenters. The fourth-order valence-electron chi connectivity index (χ4n) is 2.81. The Labute approximate surface area is 174 Å². The second kappa shape index (κ2) is 9.43. The number of aryl methyl sites for hydroxylation is 1. The SMILES string of the molecule is Cc1cccc(CNC(=O)c2cccc(NC(=O)c3nnc(CC(C)C)s3)c2)c1. The van der Waals surface area contributed by atoms with Gasteiger partial charge in [-0.1, -0.05) is 61.1 Å². The maximum atomic E-state index is 12.5. The highest BCUT2D eigenvalue weighted by atomic mass is 32.1. The summed E-state index contributed by atoms with van der Waals surface area (Å²) in [6, 6.07) is 14.8. The number of hydrogen-bond acceptors (Lipinski definition) is 5. The second-order valence-electron chi connectivity index (χ2n) is 7.31. The van der Waals surface area contributed by atoms with Crippen molar-refractivity contribution in [3.8, 4) is 0 Å². The summed E-state index contributed by atoms with van der Waals surface area (Å²) < 4.78 is 0. The average Bonchev–Trinajstić information content (AvgIpc) is 3.14. The topological polar surface area (TPSA) is 84.0 Å². The Morgan fingerprint density at radius 1 is 1.03 bits per heavy atom. The van der Waals surface area contributed by atoms with Crippen molar-refractivity contribution in [1.29, 1.82) is 0 Å². The molecule has 0 aliphatic rings. The zero-order chi connectivity index (χ0) is 20.8. The Kier molecular flexibility index (Phi) is 6.72. The highest BCUT2D eigenvalue weighted by molar-refractivity contribution is 7.13. The molecular formula is C22H24N4O2S. The molecule has 0 atom stereocenters. The Morgan fingerprint density at radius 3 is 2.59 bits per heavy atom. The van der Waals surface area contributed by atoms with E-state index in [1.165, 1.54) is 11.3 Å². The Balaban J connectivity index is 1.62. The van der Waals surface area contributed by atoms with Crippen molar-refractivity contribution in [3.63, 3.8) is 0 Å². The van der Waals surface area contributed by atoms with Crippen molar-refractivity contribution in [3.05, 3.63) is 75.2 Å². The first-order valence-corrected chi connectivity index (χ1v) is 10.3. The zero-order valence-corrected chi connectivity index (χ0v) is 17.5. The Morgan fingerprint density at radius 2 is 1.83 bits per heavy atom. The standard InChI is InChI=1S/C22H24N4O2S/c1-14(2)10-19-25-26-22(29-19)21(28)24-18-9-5-8-17(12-18)20(27)23-13-16-7-4-6-15(3)11-16/h4-9,11-12,14H,10,13H2,1-3H3,(H,23,27)(H,24,28). The lowest BCUT2D eigenvalue weighted by atomic mass is 10.1. The van der Waals surface area contributed by atoms with E-state index in [0.717, 1.165) is 22.6 Å². The number of aromatic nitrogens is 2. The first-order chi connectivity index (χ1) is 13.9. The van der Waals surface area contributed by atoms with Gasteiger partial charge in [-0.3, -0.25) is 9.59 Å². The van der Waals surface area contributed by atoms with Gasteiger partial charge in [-0.05, 0) is 36.6 Å². The molecule has 0 saturated carbocycles. The Hall–Kier alpha value is -3.06. The molecule has 1 aromatic heterocycles. The molecule has 0 aliphatic carbocycles. The summed E-state index contributed by atoms with van der Waals surface area (Å²) in [5.41, 5.74) is 3.21. The highest BCUT2D eigenvalue weighted by Crippen LogP contribution is 2.17. The molecule has 150 valence electrons. The van der Waals surface area contributed by atoms with Crippen LogP contribution >= 0.6 is 11.3 Å². The minimum Gasteiger partial charge on any atom is -0.348 e. The fourth-order valence-corrected chi connectivity index (χ4v) is 3.75. The molecule has 0 aliphatic heterocycles. The number of amides is 2. The van der Waals surface area contributed by atoms with E-state index in [9.17, 15) is 9.59 Å². The number of carbonyl (C=O) groups is 2. The van der Waals surface area contributed by atoms with Crippen LogP contribution in [0.15, 0.2) is 48.5 Å². The van der Waals surface area contributed by atoms with E-state index >= 15 is 0 Å². The molecule has 29 heavy (non-hydrogen) atoms. The van der Waals surface area contributed by atoms with Crippen molar-refractivity contribution in [2.24, 2.45) is 5.92 Å². The molecule has 0 bridgehead atoms. The van der Waals surface area contributed by atoms with Crippen LogP contribution in [0.3, 0.4) is 0 Å². The van der Waals surface area contributed by atoms with Gasteiger partial charge in [-0.25, -0.2) is 0 Å². The molecule has 0 saturated heterocycles. The average molecular weight is 409 g/mol. The van der Waals surface area contributed by atoms with Crippen LogP contribution in [0.4, 0.5) is 5.69 Å². The quantitative estimate of drug-likeness (QED) is 0.613. The van der Waals surface area contributed by atoms with Gasteiger partial charge in [0.15, 0.2) is 0 Å². The fraction of sp³-hybridized carbons (Fsp3) is 0.273. The van der Waals surface area contributed by atoms with E-state index in [1.54, 1.807) is 24.3 Å². The summed E-state index contributed by atoms with van der Waals surface area (Å²) in [5, 5.41) is 14.9. The maximum absolute atomic E-state index is 12.5. The van der Waals surface area contributed by atoms with Crippen molar-refractivity contribution in [2.75, 3.05) is 5.32 Å². The molecule has 0 fully saturated rings. The van der Waals surface area contributed by atoms with E-state index in [-0.39, 0.29) is 11.8 Å². The van der Waals surface area contributed by atoms with Crippen LogP contribution in [0, 0.1) is 12.8 Å². The largest absolute Gasteiger partial charge is 0.348 e. The van der Waals surface area contributed by atoms with E-state index in [1.807, 2.05) is 31.2 Å². The molecule has 2 aromatic carbocycles. The molecule has 3 aromatic rings. The predicted octanol–water partition coefficient (Wildman–Crippen LogP) is 4.23. The number of anilines is 1. The van der Waals surface area contributed by atoms with Gasteiger partial charge >= 0.3 is 0 Å². The second-order valence-corrected chi connectivity index (χ2v) is 8.37. The minimum absolute atomic E-state index is 0.197. The van der Waals surface area contributed by atoms with Gasteiger partial charge in [0.2, 0.25) is 5.01 Å². The summed E-state index contributed by atoms with van der Waals surface area (Å²) in [5.74, 6) is -0.0681. The molecular weight excluding hydrogens is 384 g/mol. The van der Waals surface area contributed by atoms with Crippen LogP contribution in [-0.4, -0.2) is 22.0 Å². The smallest absolute Gasteiger partial charge is 0.286 e. The number of hydrogen-bond donors (Lipinski definition) is 2. The van der Waals surface area contributed by atoms with E-state index in [0.29, 0.717) is 28.7 Å². The predicted molar refractivity (Wildman–Crippen MR) is 115 cm³/mol. The lowest BCUT2D eigenvalue weighted by Crippen LogP contribution is -2.23. The molecule has 2 N–H and O–H groups in total. The van der Waals surface area contributed by atoms with E-state index in [2.05, 4.69) is 34.7 Å².